The second kappa shape index (κ2) is 13.9. The molecule has 28 heavy (non-hydrogen) atoms. The van der Waals surface area contributed by atoms with E-state index < -0.39 is 0 Å². The molecule has 0 aliphatic carbocycles. The van der Waals surface area contributed by atoms with E-state index in [9.17, 15) is 4.79 Å². The zero-order valence-corrected chi connectivity index (χ0v) is 17.0. The van der Waals surface area contributed by atoms with Crippen LogP contribution >= 0.6 is 0 Å². The Hall–Kier alpha value is -2.14. The number of aromatic amines is 1. The third-order valence-corrected chi connectivity index (χ3v) is 4.99. The summed E-state index contributed by atoms with van der Waals surface area (Å²) in [5, 5.41) is 11.7. The first-order valence-corrected chi connectivity index (χ1v) is 10.8. The Morgan fingerprint density at radius 1 is 0.893 bits per heavy atom. The second-order valence-electron chi connectivity index (χ2n) is 7.42. The van der Waals surface area contributed by atoms with Gasteiger partial charge in [-0.3, -0.25) is 4.79 Å². The first-order valence-electron chi connectivity index (χ1n) is 10.8. The van der Waals surface area contributed by atoms with Crippen LogP contribution in [0.4, 0.5) is 0 Å². The Morgan fingerprint density at radius 3 is 2.14 bits per heavy atom. The fourth-order valence-electron chi connectivity index (χ4n) is 3.30. The van der Waals surface area contributed by atoms with E-state index in [4.69, 9.17) is 5.11 Å². The molecule has 2 aromatic rings. The SMILES string of the molecule is O=C(NCc1ccccc1)c1cnc(CCCCCCCCCCCCO)[nH]1. The van der Waals surface area contributed by atoms with E-state index in [1.165, 1.54) is 44.9 Å². The maximum atomic E-state index is 12.2. The number of unbranched alkanes of at least 4 members (excludes halogenated alkanes) is 9. The number of carbonyl (C=O) groups is 1. The normalized spacial score (nSPS) is 10.9. The van der Waals surface area contributed by atoms with Crippen LogP contribution in [0, 0.1) is 0 Å². The van der Waals surface area contributed by atoms with E-state index in [1.54, 1.807) is 6.20 Å². The summed E-state index contributed by atoms with van der Waals surface area (Å²) < 4.78 is 0. The standard InChI is InChI=1S/C23H35N3O2/c27-17-13-8-6-4-2-1-3-5-7-12-16-22-24-19-21(26-22)23(28)25-18-20-14-10-9-11-15-20/h9-11,14-15,19,27H,1-8,12-13,16-18H2,(H,24,26)(H,25,28). The van der Waals surface area contributed by atoms with Gasteiger partial charge in [0, 0.05) is 19.6 Å². The Kier molecular flexibility index (Phi) is 11.0. The molecule has 0 saturated heterocycles. The van der Waals surface area contributed by atoms with E-state index >= 15 is 0 Å². The first kappa shape index (κ1) is 22.2. The van der Waals surface area contributed by atoms with Gasteiger partial charge in [0.25, 0.3) is 5.91 Å². The molecule has 1 amide bonds. The van der Waals surface area contributed by atoms with Gasteiger partial charge in [-0.05, 0) is 18.4 Å². The molecule has 0 spiro atoms. The van der Waals surface area contributed by atoms with Gasteiger partial charge in [-0.1, -0.05) is 81.7 Å². The third kappa shape index (κ3) is 9.18. The first-order chi connectivity index (χ1) is 13.8. The molecular formula is C23H35N3O2. The number of nitrogens with zero attached hydrogens (tertiary/aromatic N) is 1. The van der Waals surface area contributed by atoms with Crippen molar-refractivity contribution >= 4 is 5.91 Å². The fourth-order valence-corrected chi connectivity index (χ4v) is 3.30. The van der Waals surface area contributed by atoms with Gasteiger partial charge in [0.2, 0.25) is 0 Å². The number of amides is 1. The van der Waals surface area contributed by atoms with Crippen LogP contribution in [0.1, 0.15) is 86.1 Å². The lowest BCUT2D eigenvalue weighted by Crippen LogP contribution is -2.23. The van der Waals surface area contributed by atoms with Gasteiger partial charge in [-0.25, -0.2) is 4.98 Å². The van der Waals surface area contributed by atoms with Crippen molar-refractivity contribution in [2.75, 3.05) is 6.61 Å². The number of hydrogen-bond donors (Lipinski definition) is 3. The summed E-state index contributed by atoms with van der Waals surface area (Å²) in [7, 11) is 0. The predicted molar refractivity (Wildman–Crippen MR) is 113 cm³/mol. The van der Waals surface area contributed by atoms with Crippen molar-refractivity contribution in [1.29, 1.82) is 0 Å². The van der Waals surface area contributed by atoms with Crippen LogP contribution in [0.2, 0.25) is 0 Å². The van der Waals surface area contributed by atoms with Gasteiger partial charge in [0.05, 0.1) is 6.20 Å². The molecule has 0 radical (unpaired) electrons. The van der Waals surface area contributed by atoms with Crippen LogP contribution in [-0.2, 0) is 13.0 Å². The van der Waals surface area contributed by atoms with Crippen LogP contribution in [-0.4, -0.2) is 27.6 Å². The molecule has 1 aromatic carbocycles. The molecule has 5 heteroatoms. The van der Waals surface area contributed by atoms with Crippen molar-refractivity contribution in [1.82, 2.24) is 15.3 Å². The number of benzene rings is 1. The van der Waals surface area contributed by atoms with Crippen LogP contribution < -0.4 is 5.32 Å². The van der Waals surface area contributed by atoms with Gasteiger partial charge in [0.1, 0.15) is 11.5 Å². The number of hydrogen-bond acceptors (Lipinski definition) is 3. The lowest BCUT2D eigenvalue weighted by Gasteiger charge is -2.03. The summed E-state index contributed by atoms with van der Waals surface area (Å²) in [5.74, 6) is 0.787. The molecule has 3 N–H and O–H groups in total. The van der Waals surface area contributed by atoms with Crippen LogP contribution in [0.25, 0.3) is 0 Å². The van der Waals surface area contributed by atoms with Crippen LogP contribution in [0.15, 0.2) is 36.5 Å². The highest BCUT2D eigenvalue weighted by atomic mass is 16.2. The number of rotatable bonds is 15. The van der Waals surface area contributed by atoms with Crippen molar-refractivity contribution in [3.8, 4) is 0 Å². The van der Waals surface area contributed by atoms with Gasteiger partial charge >= 0.3 is 0 Å². The number of carbonyl (C=O) groups excluding carboxylic acids is 1. The van der Waals surface area contributed by atoms with Crippen molar-refractivity contribution in [3.05, 3.63) is 53.6 Å². The summed E-state index contributed by atoms with van der Waals surface area (Å²) in [4.78, 5) is 19.7. The maximum Gasteiger partial charge on any atom is 0.269 e. The highest BCUT2D eigenvalue weighted by Gasteiger charge is 2.09. The number of aromatic nitrogens is 2. The van der Waals surface area contributed by atoms with E-state index in [0.717, 1.165) is 37.1 Å². The number of aryl methyl sites for hydroxylation is 1. The van der Waals surface area contributed by atoms with E-state index in [1.807, 2.05) is 30.3 Å². The largest absolute Gasteiger partial charge is 0.396 e. The monoisotopic (exact) mass is 385 g/mol. The average Bonchev–Trinajstić information content (AvgIpc) is 3.20. The predicted octanol–water partition coefficient (Wildman–Crippen LogP) is 4.78. The number of nitrogens with one attached hydrogen (secondary N) is 2. The van der Waals surface area contributed by atoms with Gasteiger partial charge in [-0.2, -0.15) is 0 Å². The van der Waals surface area contributed by atoms with Crippen molar-refractivity contribution < 1.29 is 9.90 Å². The molecule has 0 atom stereocenters. The summed E-state index contributed by atoms with van der Waals surface area (Å²) in [6.07, 6.45) is 14.7. The molecule has 154 valence electrons. The molecule has 2 rings (SSSR count). The van der Waals surface area contributed by atoms with Crippen molar-refractivity contribution in [2.45, 2.75) is 77.2 Å². The molecule has 5 nitrogen and oxygen atoms in total. The van der Waals surface area contributed by atoms with E-state index in [-0.39, 0.29) is 5.91 Å². The topological polar surface area (TPSA) is 78.0 Å². The van der Waals surface area contributed by atoms with Crippen LogP contribution in [0.5, 0.6) is 0 Å². The molecule has 1 aromatic heterocycles. The van der Waals surface area contributed by atoms with E-state index in [2.05, 4.69) is 15.3 Å². The molecule has 1 heterocycles. The number of aliphatic hydroxyl groups is 1. The molecule has 0 unspecified atom stereocenters. The minimum atomic E-state index is -0.110. The Morgan fingerprint density at radius 2 is 1.50 bits per heavy atom. The Bertz CT molecular complexity index is 655. The highest BCUT2D eigenvalue weighted by Crippen LogP contribution is 2.12. The minimum absolute atomic E-state index is 0.110. The molecule has 0 saturated carbocycles. The Labute approximate surface area is 169 Å². The van der Waals surface area contributed by atoms with Crippen LogP contribution in [0.3, 0.4) is 0 Å². The molecule has 0 aliphatic rings. The van der Waals surface area contributed by atoms with Gasteiger partial charge in [-0.15, -0.1) is 0 Å². The van der Waals surface area contributed by atoms with Crippen molar-refractivity contribution in [3.63, 3.8) is 0 Å². The highest BCUT2D eigenvalue weighted by molar-refractivity contribution is 5.92. The lowest BCUT2D eigenvalue weighted by molar-refractivity contribution is 0.0946. The summed E-state index contributed by atoms with van der Waals surface area (Å²) >= 11 is 0. The van der Waals surface area contributed by atoms with Gasteiger partial charge in [0.15, 0.2) is 0 Å². The zero-order valence-electron chi connectivity index (χ0n) is 17.0. The summed E-state index contributed by atoms with van der Waals surface area (Å²) in [5.41, 5.74) is 1.62. The van der Waals surface area contributed by atoms with Gasteiger partial charge < -0.3 is 15.4 Å². The fraction of sp³-hybridized carbons (Fsp3) is 0.565. The number of aliphatic hydroxyl groups excluding tert-OH is 1. The molecule has 0 fully saturated rings. The molecular weight excluding hydrogens is 350 g/mol. The summed E-state index contributed by atoms with van der Waals surface area (Å²) in [6, 6.07) is 9.89. The average molecular weight is 386 g/mol. The smallest absolute Gasteiger partial charge is 0.269 e. The summed E-state index contributed by atoms with van der Waals surface area (Å²) in [6.45, 7) is 0.852. The molecule has 0 bridgehead atoms. The van der Waals surface area contributed by atoms with Crippen molar-refractivity contribution in [2.24, 2.45) is 0 Å². The third-order valence-electron chi connectivity index (χ3n) is 4.99. The quantitative estimate of drug-likeness (QED) is 0.386. The number of H-pyrrole nitrogens is 1. The number of imidazole rings is 1. The molecule has 0 aliphatic heterocycles. The van der Waals surface area contributed by atoms with E-state index in [0.29, 0.717) is 18.8 Å². The Balaban J connectivity index is 1.51. The second-order valence-corrected chi connectivity index (χ2v) is 7.42. The maximum absolute atomic E-state index is 12.2. The zero-order chi connectivity index (χ0) is 19.9. The minimum Gasteiger partial charge on any atom is -0.396 e. The lowest BCUT2D eigenvalue weighted by atomic mass is 10.1.